The lowest BCUT2D eigenvalue weighted by Crippen LogP contribution is -2.24. The molecule has 1 amide bonds. The first-order valence-corrected chi connectivity index (χ1v) is 6.87. The van der Waals surface area contributed by atoms with Gasteiger partial charge < -0.3 is 5.11 Å². The van der Waals surface area contributed by atoms with E-state index in [4.69, 9.17) is 0 Å². The van der Waals surface area contributed by atoms with Gasteiger partial charge in [0.25, 0.3) is 0 Å². The van der Waals surface area contributed by atoms with Crippen LogP contribution in [0.3, 0.4) is 0 Å². The molecular formula is C17H16N2O2. The van der Waals surface area contributed by atoms with Crippen molar-refractivity contribution < 1.29 is 9.90 Å². The van der Waals surface area contributed by atoms with E-state index in [0.29, 0.717) is 6.42 Å². The number of nitrogens with zero attached hydrogens (tertiary/aromatic N) is 2. The van der Waals surface area contributed by atoms with Gasteiger partial charge >= 0.3 is 0 Å². The first-order valence-electron chi connectivity index (χ1n) is 6.87. The summed E-state index contributed by atoms with van der Waals surface area (Å²) in [6.45, 7) is 1.49. The summed E-state index contributed by atoms with van der Waals surface area (Å²) >= 11 is 0. The van der Waals surface area contributed by atoms with Crippen LogP contribution in [0.25, 0.3) is 0 Å². The summed E-state index contributed by atoms with van der Waals surface area (Å²) in [5, 5.41) is 15.9. The number of hydrazone groups is 1. The van der Waals surface area contributed by atoms with E-state index in [2.05, 4.69) is 5.10 Å². The number of carbonyl (C=O) groups is 1. The van der Waals surface area contributed by atoms with Crippen molar-refractivity contribution in [3.63, 3.8) is 0 Å². The number of benzene rings is 2. The van der Waals surface area contributed by atoms with Crippen LogP contribution in [0, 0.1) is 0 Å². The summed E-state index contributed by atoms with van der Waals surface area (Å²) in [5.41, 5.74) is 2.59. The molecule has 2 aromatic carbocycles. The number of phenols is 1. The zero-order valence-electron chi connectivity index (χ0n) is 11.7. The van der Waals surface area contributed by atoms with Gasteiger partial charge in [-0.05, 0) is 11.6 Å². The first-order chi connectivity index (χ1) is 10.2. The Morgan fingerprint density at radius 1 is 1.14 bits per heavy atom. The van der Waals surface area contributed by atoms with E-state index in [-0.39, 0.29) is 17.7 Å². The normalized spacial score (nSPS) is 17.7. The Bertz CT molecular complexity index is 695. The molecule has 1 heterocycles. The molecule has 0 aromatic heterocycles. The quantitative estimate of drug-likeness (QED) is 0.919. The van der Waals surface area contributed by atoms with Gasteiger partial charge in [-0.2, -0.15) is 5.10 Å². The number of phenolic OH excluding ortho intramolecular Hbond substituents is 1. The Balaban J connectivity index is 1.98. The van der Waals surface area contributed by atoms with Gasteiger partial charge in [0.05, 0.1) is 11.8 Å². The summed E-state index contributed by atoms with van der Waals surface area (Å²) in [4.78, 5) is 11.9. The lowest BCUT2D eigenvalue weighted by Gasteiger charge is -2.21. The number of carbonyl (C=O) groups excluding carboxylic acids is 1. The number of aromatic hydroxyl groups is 1. The predicted octanol–water partition coefficient (Wildman–Crippen LogP) is 3.09. The minimum atomic E-state index is -0.251. The van der Waals surface area contributed by atoms with E-state index < -0.39 is 0 Å². The second kappa shape index (κ2) is 5.40. The molecule has 3 rings (SSSR count). The Morgan fingerprint density at radius 2 is 1.81 bits per heavy atom. The van der Waals surface area contributed by atoms with E-state index in [1.807, 2.05) is 42.5 Å². The van der Waals surface area contributed by atoms with Gasteiger partial charge in [-0.1, -0.05) is 48.5 Å². The maximum atomic E-state index is 11.9. The molecule has 1 aliphatic rings. The molecule has 0 unspecified atom stereocenters. The molecule has 21 heavy (non-hydrogen) atoms. The Labute approximate surface area is 123 Å². The van der Waals surface area contributed by atoms with Crippen LogP contribution in [0.2, 0.25) is 0 Å². The van der Waals surface area contributed by atoms with E-state index in [9.17, 15) is 9.90 Å². The molecule has 1 N–H and O–H groups in total. The van der Waals surface area contributed by atoms with Crippen LogP contribution < -0.4 is 0 Å². The lowest BCUT2D eigenvalue weighted by atomic mass is 9.98. The highest BCUT2D eigenvalue weighted by Crippen LogP contribution is 2.36. The molecule has 0 aliphatic carbocycles. The molecule has 0 saturated heterocycles. The van der Waals surface area contributed by atoms with E-state index in [1.54, 1.807) is 12.1 Å². The second-order valence-corrected chi connectivity index (χ2v) is 5.06. The van der Waals surface area contributed by atoms with Crippen molar-refractivity contribution in [1.29, 1.82) is 0 Å². The third-order valence-electron chi connectivity index (χ3n) is 3.64. The van der Waals surface area contributed by atoms with Crippen molar-refractivity contribution in [1.82, 2.24) is 5.01 Å². The van der Waals surface area contributed by atoms with Crippen molar-refractivity contribution in [2.24, 2.45) is 5.10 Å². The van der Waals surface area contributed by atoms with Gasteiger partial charge in [0.15, 0.2) is 0 Å². The SMILES string of the molecule is CC(=O)N1N=C(c2ccccc2)C[C@@H]1c1ccccc1O. The molecule has 106 valence electrons. The summed E-state index contributed by atoms with van der Waals surface area (Å²) < 4.78 is 0. The summed E-state index contributed by atoms with van der Waals surface area (Å²) in [5.74, 6) is 0.0624. The largest absolute Gasteiger partial charge is 0.508 e. The van der Waals surface area contributed by atoms with Crippen molar-refractivity contribution >= 4 is 11.6 Å². The van der Waals surface area contributed by atoms with Gasteiger partial charge in [-0.3, -0.25) is 4.79 Å². The molecule has 1 aliphatic heterocycles. The van der Waals surface area contributed by atoms with Crippen LogP contribution in [0.1, 0.15) is 30.5 Å². The van der Waals surface area contributed by atoms with Crippen molar-refractivity contribution in [3.8, 4) is 5.75 Å². The minimum Gasteiger partial charge on any atom is -0.508 e. The first kappa shape index (κ1) is 13.4. The van der Waals surface area contributed by atoms with Gasteiger partial charge in [0.1, 0.15) is 5.75 Å². The molecule has 4 heteroatoms. The highest BCUT2D eigenvalue weighted by molar-refractivity contribution is 6.03. The van der Waals surface area contributed by atoms with E-state index in [0.717, 1.165) is 16.8 Å². The highest BCUT2D eigenvalue weighted by atomic mass is 16.3. The molecule has 1 atom stereocenters. The fraction of sp³-hybridized carbons (Fsp3) is 0.176. The second-order valence-electron chi connectivity index (χ2n) is 5.06. The maximum Gasteiger partial charge on any atom is 0.240 e. The minimum absolute atomic E-state index is 0.130. The van der Waals surface area contributed by atoms with E-state index >= 15 is 0 Å². The molecule has 0 saturated carbocycles. The van der Waals surface area contributed by atoms with Crippen LogP contribution in [0.5, 0.6) is 5.75 Å². The Kier molecular flexibility index (Phi) is 3.44. The summed E-state index contributed by atoms with van der Waals surface area (Å²) in [6, 6.07) is 16.6. The average molecular weight is 280 g/mol. The number of para-hydroxylation sites is 1. The molecule has 0 spiro atoms. The highest BCUT2D eigenvalue weighted by Gasteiger charge is 2.32. The Morgan fingerprint density at radius 3 is 2.48 bits per heavy atom. The van der Waals surface area contributed by atoms with Gasteiger partial charge in [-0.25, -0.2) is 5.01 Å². The topological polar surface area (TPSA) is 52.9 Å². The van der Waals surface area contributed by atoms with E-state index in [1.165, 1.54) is 11.9 Å². The summed E-state index contributed by atoms with van der Waals surface area (Å²) in [7, 11) is 0. The van der Waals surface area contributed by atoms with Crippen LogP contribution in [0.15, 0.2) is 59.7 Å². The fourth-order valence-electron chi connectivity index (χ4n) is 2.62. The maximum absolute atomic E-state index is 11.9. The summed E-state index contributed by atoms with van der Waals surface area (Å²) in [6.07, 6.45) is 0.598. The Hall–Kier alpha value is -2.62. The predicted molar refractivity (Wildman–Crippen MR) is 81.0 cm³/mol. The number of hydrogen-bond donors (Lipinski definition) is 1. The van der Waals surface area contributed by atoms with Crippen molar-refractivity contribution in [2.45, 2.75) is 19.4 Å². The van der Waals surface area contributed by atoms with Gasteiger partial charge in [0, 0.05) is 18.9 Å². The van der Waals surface area contributed by atoms with Crippen LogP contribution in [-0.2, 0) is 4.79 Å². The number of amides is 1. The lowest BCUT2D eigenvalue weighted by molar-refractivity contribution is -0.130. The number of hydrogen-bond acceptors (Lipinski definition) is 3. The standard InChI is InChI=1S/C17H16N2O2/c1-12(20)19-16(14-9-5-6-10-17(14)21)11-15(18-19)13-7-3-2-4-8-13/h2-10,16,21H,11H2,1H3/t16-/m1/s1. The molecule has 2 aromatic rings. The van der Waals surface area contributed by atoms with Crippen molar-refractivity contribution in [3.05, 3.63) is 65.7 Å². The molecule has 0 bridgehead atoms. The third-order valence-corrected chi connectivity index (χ3v) is 3.64. The molecule has 4 nitrogen and oxygen atoms in total. The average Bonchev–Trinajstić information content (AvgIpc) is 2.94. The fourth-order valence-corrected chi connectivity index (χ4v) is 2.62. The van der Waals surface area contributed by atoms with Crippen LogP contribution >= 0.6 is 0 Å². The van der Waals surface area contributed by atoms with Crippen LogP contribution in [0.4, 0.5) is 0 Å². The zero-order valence-corrected chi connectivity index (χ0v) is 11.7. The smallest absolute Gasteiger partial charge is 0.240 e. The third kappa shape index (κ3) is 2.52. The zero-order chi connectivity index (χ0) is 14.8. The number of rotatable bonds is 2. The monoisotopic (exact) mass is 280 g/mol. The van der Waals surface area contributed by atoms with Crippen LogP contribution in [-0.4, -0.2) is 21.7 Å². The molecule has 0 radical (unpaired) electrons. The molecule has 0 fully saturated rings. The van der Waals surface area contributed by atoms with Gasteiger partial charge in [-0.15, -0.1) is 0 Å². The molecular weight excluding hydrogens is 264 g/mol. The van der Waals surface area contributed by atoms with Crippen molar-refractivity contribution in [2.75, 3.05) is 0 Å². The van der Waals surface area contributed by atoms with Gasteiger partial charge in [0.2, 0.25) is 5.91 Å².